The highest BCUT2D eigenvalue weighted by Gasteiger charge is 2.22. The molecule has 0 saturated heterocycles. The normalized spacial score (nSPS) is 14.5. The topological polar surface area (TPSA) is 40.5 Å². The molecule has 104 valence electrons. The van der Waals surface area contributed by atoms with Crippen LogP contribution in [-0.4, -0.2) is 24.5 Å². The summed E-state index contributed by atoms with van der Waals surface area (Å²) in [5.41, 5.74) is 2.66. The molecule has 5 heteroatoms. The summed E-state index contributed by atoms with van der Waals surface area (Å²) in [4.78, 5) is 12.2. The molecule has 0 atom stereocenters. The Morgan fingerprint density at radius 1 is 1.45 bits per heavy atom. The largest absolute Gasteiger partial charge is 0.351 e. The summed E-state index contributed by atoms with van der Waals surface area (Å²) in [5.74, 6) is 0.931. The Labute approximate surface area is 123 Å². The predicted molar refractivity (Wildman–Crippen MR) is 84.5 cm³/mol. The molecular weight excluding hydrogens is 268 g/mol. The maximum atomic E-state index is 4.41. The Balaban J connectivity index is 1.72. The van der Waals surface area contributed by atoms with Crippen LogP contribution in [0.3, 0.4) is 0 Å². The maximum absolute atomic E-state index is 4.41. The fourth-order valence-electron chi connectivity index (χ4n) is 2.51. The third kappa shape index (κ3) is 2.54. The number of nitrogens with one attached hydrogen (secondary N) is 1. The zero-order valence-electron chi connectivity index (χ0n) is 11.8. The molecule has 0 aliphatic carbocycles. The van der Waals surface area contributed by atoms with Crippen molar-refractivity contribution < 1.29 is 0 Å². The second-order valence-electron chi connectivity index (χ2n) is 4.78. The molecule has 20 heavy (non-hydrogen) atoms. The third-order valence-electron chi connectivity index (χ3n) is 3.44. The molecule has 1 N–H and O–H groups in total. The molecule has 0 unspecified atom stereocenters. The standard InChI is InChI=1S/C15H18N4S/c1-11-17-9-13(20-11)10-18-15(16-2)19-8-7-12-5-3-4-6-14(12)19/h3-6,9H,7-8,10H2,1-2H3,(H,16,18). The molecule has 0 radical (unpaired) electrons. The van der Waals surface area contributed by atoms with Crippen molar-refractivity contribution in [1.82, 2.24) is 10.3 Å². The summed E-state index contributed by atoms with van der Waals surface area (Å²) in [6, 6.07) is 8.52. The van der Waals surface area contributed by atoms with Gasteiger partial charge >= 0.3 is 0 Å². The highest BCUT2D eigenvalue weighted by Crippen LogP contribution is 2.27. The molecule has 0 spiro atoms. The molecule has 2 heterocycles. The maximum Gasteiger partial charge on any atom is 0.198 e. The zero-order chi connectivity index (χ0) is 13.9. The van der Waals surface area contributed by atoms with Crippen molar-refractivity contribution in [2.24, 2.45) is 4.99 Å². The number of benzene rings is 1. The Bertz CT molecular complexity index is 632. The number of rotatable bonds is 2. The highest BCUT2D eigenvalue weighted by atomic mass is 32.1. The van der Waals surface area contributed by atoms with Gasteiger partial charge in [-0.1, -0.05) is 18.2 Å². The molecule has 1 aromatic heterocycles. The van der Waals surface area contributed by atoms with Gasteiger partial charge in [0.1, 0.15) is 0 Å². The molecule has 3 rings (SSSR count). The summed E-state index contributed by atoms with van der Waals surface area (Å²) < 4.78 is 0. The summed E-state index contributed by atoms with van der Waals surface area (Å²) in [6.07, 6.45) is 3.01. The first-order chi connectivity index (χ1) is 9.78. The van der Waals surface area contributed by atoms with E-state index in [0.29, 0.717) is 0 Å². The van der Waals surface area contributed by atoms with Crippen LogP contribution in [0, 0.1) is 6.92 Å². The summed E-state index contributed by atoms with van der Waals surface area (Å²) in [5, 5.41) is 4.53. The van der Waals surface area contributed by atoms with Gasteiger partial charge in [0.05, 0.1) is 11.6 Å². The van der Waals surface area contributed by atoms with Crippen LogP contribution >= 0.6 is 11.3 Å². The lowest BCUT2D eigenvalue weighted by atomic mass is 10.2. The number of hydrogen-bond acceptors (Lipinski definition) is 3. The fourth-order valence-corrected chi connectivity index (χ4v) is 3.24. The molecule has 0 bridgehead atoms. The van der Waals surface area contributed by atoms with Gasteiger partial charge in [-0.15, -0.1) is 11.3 Å². The first kappa shape index (κ1) is 13.1. The van der Waals surface area contributed by atoms with Gasteiger partial charge < -0.3 is 10.2 Å². The molecular formula is C15H18N4S. The lowest BCUT2D eigenvalue weighted by Gasteiger charge is -2.22. The molecule has 1 aliphatic heterocycles. The van der Waals surface area contributed by atoms with Crippen molar-refractivity contribution in [3.8, 4) is 0 Å². The number of guanidine groups is 1. The fraction of sp³-hybridized carbons (Fsp3) is 0.333. The Morgan fingerprint density at radius 3 is 3.05 bits per heavy atom. The number of thiazole rings is 1. The second kappa shape index (κ2) is 5.63. The Morgan fingerprint density at radius 2 is 2.30 bits per heavy atom. The number of aryl methyl sites for hydroxylation is 1. The second-order valence-corrected chi connectivity index (χ2v) is 6.10. The molecule has 0 amide bonds. The van der Waals surface area contributed by atoms with Crippen LogP contribution in [-0.2, 0) is 13.0 Å². The monoisotopic (exact) mass is 286 g/mol. The van der Waals surface area contributed by atoms with Gasteiger partial charge in [0.25, 0.3) is 0 Å². The van der Waals surface area contributed by atoms with E-state index >= 15 is 0 Å². The van der Waals surface area contributed by atoms with E-state index in [1.807, 2.05) is 20.2 Å². The molecule has 2 aromatic rings. The van der Waals surface area contributed by atoms with E-state index in [9.17, 15) is 0 Å². The highest BCUT2D eigenvalue weighted by molar-refractivity contribution is 7.11. The molecule has 1 aliphatic rings. The van der Waals surface area contributed by atoms with Crippen LogP contribution in [0.25, 0.3) is 0 Å². The van der Waals surface area contributed by atoms with Crippen molar-refractivity contribution >= 4 is 23.0 Å². The van der Waals surface area contributed by atoms with E-state index < -0.39 is 0 Å². The number of para-hydroxylation sites is 1. The predicted octanol–water partition coefficient (Wildman–Crippen LogP) is 2.59. The summed E-state index contributed by atoms with van der Waals surface area (Å²) in [6.45, 7) is 3.79. The van der Waals surface area contributed by atoms with Gasteiger partial charge in [0, 0.05) is 30.4 Å². The molecule has 0 saturated carbocycles. The van der Waals surface area contributed by atoms with Crippen molar-refractivity contribution in [3.05, 3.63) is 45.9 Å². The zero-order valence-corrected chi connectivity index (χ0v) is 12.6. The van der Waals surface area contributed by atoms with E-state index in [1.54, 1.807) is 11.3 Å². The number of hydrogen-bond donors (Lipinski definition) is 1. The third-order valence-corrected chi connectivity index (χ3v) is 4.36. The van der Waals surface area contributed by atoms with Gasteiger partial charge in [-0.25, -0.2) is 4.98 Å². The summed E-state index contributed by atoms with van der Waals surface area (Å²) in [7, 11) is 1.83. The van der Waals surface area contributed by atoms with Crippen LogP contribution in [0.15, 0.2) is 35.5 Å². The molecule has 0 fully saturated rings. The average Bonchev–Trinajstić information content (AvgIpc) is 3.07. The molecule has 1 aromatic carbocycles. The number of aromatic nitrogens is 1. The van der Waals surface area contributed by atoms with Gasteiger partial charge in [-0.3, -0.25) is 4.99 Å². The van der Waals surface area contributed by atoms with Gasteiger partial charge in [-0.2, -0.15) is 0 Å². The molecule has 4 nitrogen and oxygen atoms in total. The quantitative estimate of drug-likeness (QED) is 0.681. The minimum atomic E-state index is 0.775. The van der Waals surface area contributed by atoms with Crippen LogP contribution < -0.4 is 10.2 Å². The average molecular weight is 286 g/mol. The number of anilines is 1. The van der Waals surface area contributed by atoms with Crippen molar-refractivity contribution in [3.63, 3.8) is 0 Å². The van der Waals surface area contributed by atoms with E-state index in [2.05, 4.69) is 44.5 Å². The van der Waals surface area contributed by atoms with Crippen LogP contribution in [0.2, 0.25) is 0 Å². The summed E-state index contributed by atoms with van der Waals surface area (Å²) >= 11 is 1.72. The van der Waals surface area contributed by atoms with Crippen LogP contribution in [0.5, 0.6) is 0 Å². The van der Waals surface area contributed by atoms with E-state index in [1.165, 1.54) is 16.1 Å². The van der Waals surface area contributed by atoms with Crippen LogP contribution in [0.4, 0.5) is 5.69 Å². The lowest BCUT2D eigenvalue weighted by molar-refractivity contribution is 0.877. The van der Waals surface area contributed by atoms with Gasteiger partial charge in [-0.05, 0) is 25.0 Å². The van der Waals surface area contributed by atoms with E-state index in [-0.39, 0.29) is 0 Å². The smallest absolute Gasteiger partial charge is 0.198 e. The number of fused-ring (bicyclic) bond motifs is 1. The minimum absolute atomic E-state index is 0.775. The van der Waals surface area contributed by atoms with E-state index in [4.69, 9.17) is 0 Å². The number of nitrogens with zero attached hydrogens (tertiary/aromatic N) is 3. The van der Waals surface area contributed by atoms with Crippen LogP contribution in [0.1, 0.15) is 15.4 Å². The minimum Gasteiger partial charge on any atom is -0.351 e. The van der Waals surface area contributed by atoms with Crippen molar-refractivity contribution in [2.75, 3.05) is 18.5 Å². The first-order valence-corrected chi connectivity index (χ1v) is 7.57. The van der Waals surface area contributed by atoms with Gasteiger partial charge in [0.2, 0.25) is 0 Å². The van der Waals surface area contributed by atoms with Crippen molar-refractivity contribution in [2.45, 2.75) is 19.9 Å². The Kier molecular flexibility index (Phi) is 3.69. The number of aliphatic imine (C=N–C) groups is 1. The first-order valence-electron chi connectivity index (χ1n) is 6.75. The lowest BCUT2D eigenvalue weighted by Crippen LogP contribution is -2.40. The Hall–Kier alpha value is -1.88. The van der Waals surface area contributed by atoms with E-state index in [0.717, 1.165) is 30.5 Å². The van der Waals surface area contributed by atoms with Crippen molar-refractivity contribution in [1.29, 1.82) is 0 Å². The van der Waals surface area contributed by atoms with Gasteiger partial charge in [0.15, 0.2) is 5.96 Å². The SMILES string of the molecule is CN=C(NCc1cnc(C)s1)N1CCc2ccccc21.